The molecule has 0 saturated carbocycles. The summed E-state index contributed by atoms with van der Waals surface area (Å²) in [6.45, 7) is 0. The second kappa shape index (κ2) is 6.27. The molecular weight excluding hydrogens is 288 g/mol. The third-order valence-electron chi connectivity index (χ3n) is 2.72. The normalized spacial score (nSPS) is 10.0. The van der Waals surface area contributed by atoms with Crippen molar-refractivity contribution >= 4 is 29.9 Å². The highest BCUT2D eigenvalue weighted by molar-refractivity contribution is 7.71. The van der Waals surface area contributed by atoms with Gasteiger partial charge in [-0.15, -0.1) is 0 Å². The van der Waals surface area contributed by atoms with Crippen LogP contribution < -0.4 is 5.32 Å². The van der Waals surface area contributed by atoms with Gasteiger partial charge in [0.1, 0.15) is 10.5 Å². The Morgan fingerprint density at radius 2 is 2.10 bits per heavy atom. The predicted octanol–water partition coefficient (Wildman–Crippen LogP) is 2.09. The van der Waals surface area contributed by atoms with Crippen LogP contribution in [0.3, 0.4) is 0 Å². The van der Waals surface area contributed by atoms with E-state index in [1.165, 1.54) is 17.2 Å². The van der Waals surface area contributed by atoms with Gasteiger partial charge < -0.3 is 15.2 Å². The van der Waals surface area contributed by atoms with E-state index in [1.807, 2.05) is 0 Å². The number of rotatable bonds is 3. The SMILES string of the molecule is CN(C)C(=O)c1ccnc(NC(=O)c2ccc[nH]c2=S)c1. The minimum absolute atomic E-state index is 0.162. The Bertz CT molecular complexity index is 740. The van der Waals surface area contributed by atoms with Crippen LogP contribution in [-0.2, 0) is 0 Å². The third kappa shape index (κ3) is 3.51. The van der Waals surface area contributed by atoms with E-state index in [0.29, 0.717) is 21.6 Å². The summed E-state index contributed by atoms with van der Waals surface area (Å²) in [5.41, 5.74) is 0.794. The number of carbonyl (C=O) groups excluding carboxylic acids is 2. The number of hydrogen-bond acceptors (Lipinski definition) is 4. The van der Waals surface area contributed by atoms with E-state index in [9.17, 15) is 9.59 Å². The number of aromatic nitrogens is 2. The molecule has 21 heavy (non-hydrogen) atoms. The maximum absolute atomic E-state index is 12.1. The van der Waals surface area contributed by atoms with Crippen LogP contribution in [0.25, 0.3) is 0 Å². The molecule has 7 heteroatoms. The number of carbonyl (C=O) groups is 2. The summed E-state index contributed by atoms with van der Waals surface area (Å²) in [7, 11) is 3.31. The van der Waals surface area contributed by atoms with E-state index < -0.39 is 0 Å². The first kappa shape index (κ1) is 14.9. The summed E-state index contributed by atoms with van der Waals surface area (Å²) in [5.74, 6) is -0.241. The number of amides is 2. The lowest BCUT2D eigenvalue weighted by atomic mass is 10.2. The van der Waals surface area contributed by atoms with Crippen molar-refractivity contribution in [3.63, 3.8) is 0 Å². The van der Waals surface area contributed by atoms with Gasteiger partial charge in [0.15, 0.2) is 0 Å². The highest BCUT2D eigenvalue weighted by atomic mass is 32.1. The van der Waals surface area contributed by atoms with Gasteiger partial charge in [0.25, 0.3) is 11.8 Å². The lowest BCUT2D eigenvalue weighted by Gasteiger charge is -2.11. The lowest BCUT2D eigenvalue weighted by Crippen LogP contribution is -2.22. The maximum atomic E-state index is 12.1. The minimum atomic E-state index is -0.376. The number of nitrogens with one attached hydrogen (secondary N) is 2. The van der Waals surface area contributed by atoms with Crippen LogP contribution in [0.5, 0.6) is 0 Å². The number of aromatic amines is 1. The highest BCUT2D eigenvalue weighted by Crippen LogP contribution is 2.10. The second-order valence-electron chi connectivity index (χ2n) is 4.50. The molecule has 0 saturated heterocycles. The van der Waals surface area contributed by atoms with Crippen molar-refractivity contribution in [1.82, 2.24) is 14.9 Å². The van der Waals surface area contributed by atoms with Crippen molar-refractivity contribution in [2.45, 2.75) is 0 Å². The quantitative estimate of drug-likeness (QED) is 0.851. The Kier molecular flexibility index (Phi) is 4.44. The fourth-order valence-corrected chi connectivity index (χ4v) is 1.90. The number of hydrogen-bond donors (Lipinski definition) is 2. The van der Waals surface area contributed by atoms with Gasteiger partial charge in [0, 0.05) is 32.1 Å². The van der Waals surface area contributed by atoms with Crippen molar-refractivity contribution in [2.75, 3.05) is 19.4 Å². The first-order chi connectivity index (χ1) is 9.99. The summed E-state index contributed by atoms with van der Waals surface area (Å²) >= 11 is 5.05. The Morgan fingerprint density at radius 3 is 2.76 bits per heavy atom. The number of anilines is 1. The van der Waals surface area contributed by atoms with Crippen LogP contribution in [0, 0.1) is 4.64 Å². The zero-order valence-corrected chi connectivity index (χ0v) is 12.4. The highest BCUT2D eigenvalue weighted by Gasteiger charge is 2.12. The smallest absolute Gasteiger partial charge is 0.259 e. The molecular formula is C14H14N4O2S. The van der Waals surface area contributed by atoms with E-state index >= 15 is 0 Å². The van der Waals surface area contributed by atoms with E-state index in [-0.39, 0.29) is 11.8 Å². The molecule has 0 fully saturated rings. The van der Waals surface area contributed by atoms with E-state index in [2.05, 4.69) is 15.3 Å². The standard InChI is InChI=1S/C14H14N4O2S/c1-18(2)14(20)9-5-7-15-11(8-9)17-12(19)10-4-3-6-16-13(10)21/h3-8H,1-2H3,(H,16,21)(H,15,17,19). The van der Waals surface area contributed by atoms with Gasteiger partial charge in [-0.05, 0) is 24.3 Å². The molecule has 0 atom stereocenters. The van der Waals surface area contributed by atoms with Crippen LogP contribution in [0.15, 0.2) is 36.7 Å². The van der Waals surface area contributed by atoms with Gasteiger partial charge in [-0.3, -0.25) is 9.59 Å². The summed E-state index contributed by atoms with van der Waals surface area (Å²) in [6.07, 6.45) is 3.12. The van der Waals surface area contributed by atoms with Crippen molar-refractivity contribution < 1.29 is 9.59 Å². The minimum Gasteiger partial charge on any atom is -0.352 e. The van der Waals surface area contributed by atoms with Crippen LogP contribution in [-0.4, -0.2) is 40.8 Å². The average molecular weight is 302 g/mol. The topological polar surface area (TPSA) is 78.1 Å². The first-order valence-electron chi connectivity index (χ1n) is 6.16. The van der Waals surface area contributed by atoms with Gasteiger partial charge in [-0.1, -0.05) is 12.2 Å². The molecule has 0 aliphatic carbocycles. The zero-order chi connectivity index (χ0) is 15.4. The monoisotopic (exact) mass is 302 g/mol. The molecule has 0 aliphatic heterocycles. The van der Waals surface area contributed by atoms with Gasteiger partial charge in [-0.25, -0.2) is 4.98 Å². The third-order valence-corrected chi connectivity index (χ3v) is 3.06. The summed E-state index contributed by atoms with van der Waals surface area (Å²) in [6, 6.07) is 6.41. The summed E-state index contributed by atoms with van der Waals surface area (Å²) in [4.78, 5) is 32.3. The van der Waals surface area contributed by atoms with Crippen molar-refractivity contribution in [1.29, 1.82) is 0 Å². The van der Waals surface area contributed by atoms with Gasteiger partial charge >= 0.3 is 0 Å². The van der Waals surface area contributed by atoms with Crippen molar-refractivity contribution in [3.8, 4) is 0 Å². The van der Waals surface area contributed by atoms with E-state index in [0.717, 1.165) is 0 Å². The Morgan fingerprint density at radius 1 is 1.33 bits per heavy atom. The summed E-state index contributed by atoms with van der Waals surface area (Å²) < 4.78 is 0.343. The molecule has 0 bridgehead atoms. The van der Waals surface area contributed by atoms with E-state index in [4.69, 9.17) is 12.2 Å². The molecule has 0 aliphatic rings. The molecule has 6 nitrogen and oxygen atoms in total. The van der Waals surface area contributed by atoms with Gasteiger partial charge in [0.2, 0.25) is 0 Å². The molecule has 2 heterocycles. The molecule has 2 amide bonds. The van der Waals surface area contributed by atoms with E-state index in [1.54, 1.807) is 38.5 Å². The molecule has 2 aromatic rings. The van der Waals surface area contributed by atoms with Crippen LogP contribution in [0.1, 0.15) is 20.7 Å². The number of H-pyrrole nitrogens is 1. The summed E-state index contributed by atoms with van der Waals surface area (Å²) in [5, 5.41) is 2.63. The molecule has 0 aromatic carbocycles. The zero-order valence-electron chi connectivity index (χ0n) is 11.6. The van der Waals surface area contributed by atoms with Gasteiger partial charge in [-0.2, -0.15) is 0 Å². The molecule has 2 rings (SSSR count). The molecule has 2 aromatic heterocycles. The molecule has 0 radical (unpaired) electrons. The predicted molar refractivity (Wildman–Crippen MR) is 81.8 cm³/mol. The lowest BCUT2D eigenvalue weighted by molar-refractivity contribution is 0.0827. The van der Waals surface area contributed by atoms with Crippen LogP contribution >= 0.6 is 12.2 Å². The van der Waals surface area contributed by atoms with Gasteiger partial charge in [0.05, 0.1) is 5.56 Å². The Labute approximate surface area is 126 Å². The molecule has 108 valence electrons. The molecule has 0 spiro atoms. The second-order valence-corrected chi connectivity index (χ2v) is 4.90. The largest absolute Gasteiger partial charge is 0.352 e. The first-order valence-corrected chi connectivity index (χ1v) is 6.56. The fraction of sp³-hybridized carbons (Fsp3) is 0.143. The van der Waals surface area contributed by atoms with Crippen molar-refractivity contribution in [2.24, 2.45) is 0 Å². The fourth-order valence-electron chi connectivity index (χ4n) is 1.67. The number of nitrogens with zero attached hydrogens (tertiary/aromatic N) is 2. The molecule has 0 unspecified atom stereocenters. The molecule has 2 N–H and O–H groups in total. The van der Waals surface area contributed by atoms with Crippen molar-refractivity contribution in [3.05, 3.63) is 52.4 Å². The van der Waals surface area contributed by atoms with Crippen LogP contribution in [0.2, 0.25) is 0 Å². The maximum Gasteiger partial charge on any atom is 0.259 e. The van der Waals surface area contributed by atoms with Crippen LogP contribution in [0.4, 0.5) is 5.82 Å². The average Bonchev–Trinajstić information content (AvgIpc) is 2.47. The number of pyridine rings is 2. The Balaban J connectivity index is 2.23. The Hall–Kier alpha value is -2.54.